The highest BCUT2D eigenvalue weighted by atomic mass is 79.9. The molecule has 5 heteroatoms. The van der Waals surface area contributed by atoms with Gasteiger partial charge in [0, 0.05) is 22.5 Å². The highest BCUT2D eigenvalue weighted by molar-refractivity contribution is 9.10. The molecule has 1 amide bonds. The van der Waals surface area contributed by atoms with Crippen molar-refractivity contribution in [2.75, 3.05) is 13.1 Å². The van der Waals surface area contributed by atoms with Crippen LogP contribution >= 0.6 is 28.6 Å². The van der Waals surface area contributed by atoms with Crippen molar-refractivity contribution >= 4 is 34.5 Å². The van der Waals surface area contributed by atoms with E-state index in [1.807, 2.05) is 30.9 Å². The van der Waals surface area contributed by atoms with Crippen LogP contribution in [0.2, 0.25) is 0 Å². The fraction of sp³-hybridized carbons (Fsp3) is 0.462. The van der Waals surface area contributed by atoms with Gasteiger partial charge in [-0.1, -0.05) is 15.9 Å². The number of rotatable bonds is 1. The second-order valence-corrected chi connectivity index (χ2v) is 6.03. The zero-order valence-electron chi connectivity index (χ0n) is 10.4. The number of hydrogen-bond acceptors (Lipinski definition) is 3. The van der Waals surface area contributed by atoms with Gasteiger partial charge in [0.25, 0.3) is 5.91 Å². The summed E-state index contributed by atoms with van der Waals surface area (Å²) in [5.41, 5.74) is 0.642. The van der Waals surface area contributed by atoms with Crippen molar-refractivity contribution in [2.45, 2.75) is 31.0 Å². The smallest absolute Gasteiger partial charge is 0.255 e. The number of morpholine rings is 1. The Labute approximate surface area is 121 Å². The predicted octanol–water partition coefficient (Wildman–Crippen LogP) is 2.99. The Morgan fingerprint density at radius 2 is 2.00 bits per heavy atom. The number of halogens is 1. The molecule has 0 saturated carbocycles. The molecule has 0 N–H and O–H groups in total. The number of amides is 1. The van der Waals surface area contributed by atoms with E-state index in [4.69, 9.17) is 4.74 Å². The normalized spacial score (nSPS) is 24.1. The summed E-state index contributed by atoms with van der Waals surface area (Å²) >= 11 is 7.73. The molecule has 2 unspecified atom stereocenters. The minimum atomic E-state index is 0.0227. The minimum absolute atomic E-state index is 0.0227. The van der Waals surface area contributed by atoms with Gasteiger partial charge >= 0.3 is 0 Å². The van der Waals surface area contributed by atoms with E-state index in [9.17, 15) is 4.79 Å². The largest absolute Gasteiger partial charge is 0.372 e. The molecule has 0 aliphatic carbocycles. The van der Waals surface area contributed by atoms with Crippen molar-refractivity contribution in [3.05, 3.63) is 28.2 Å². The maximum atomic E-state index is 12.4. The van der Waals surface area contributed by atoms with Crippen molar-refractivity contribution in [1.82, 2.24) is 4.90 Å². The quantitative estimate of drug-likeness (QED) is 0.802. The lowest BCUT2D eigenvalue weighted by molar-refractivity contribution is -0.0586. The summed E-state index contributed by atoms with van der Waals surface area (Å²) in [7, 11) is 0. The molecule has 2 atom stereocenters. The molecule has 1 aromatic carbocycles. The third kappa shape index (κ3) is 3.08. The Hall–Kier alpha value is -0.520. The molecular formula is C13H16BrNO2S. The summed E-state index contributed by atoms with van der Waals surface area (Å²) in [4.78, 5) is 15.0. The lowest BCUT2D eigenvalue weighted by Gasteiger charge is -2.35. The molecule has 1 saturated heterocycles. The number of hydrogen-bond donors (Lipinski definition) is 1. The molecule has 1 aliphatic heterocycles. The van der Waals surface area contributed by atoms with E-state index in [1.165, 1.54) is 0 Å². The van der Waals surface area contributed by atoms with Gasteiger partial charge in [-0.25, -0.2) is 0 Å². The third-order valence-corrected chi connectivity index (χ3v) is 3.76. The van der Waals surface area contributed by atoms with Crippen molar-refractivity contribution in [3.63, 3.8) is 0 Å². The molecule has 0 radical (unpaired) electrons. The van der Waals surface area contributed by atoms with Crippen LogP contribution in [0.5, 0.6) is 0 Å². The van der Waals surface area contributed by atoms with E-state index in [-0.39, 0.29) is 18.1 Å². The van der Waals surface area contributed by atoms with Crippen molar-refractivity contribution in [1.29, 1.82) is 0 Å². The van der Waals surface area contributed by atoms with Gasteiger partial charge in [-0.2, -0.15) is 0 Å². The number of carbonyl (C=O) groups excluding carboxylic acids is 1. The van der Waals surface area contributed by atoms with E-state index in [0.717, 1.165) is 4.47 Å². The van der Waals surface area contributed by atoms with Crippen LogP contribution < -0.4 is 0 Å². The van der Waals surface area contributed by atoms with Crippen LogP contribution in [0.25, 0.3) is 0 Å². The fourth-order valence-corrected chi connectivity index (χ4v) is 3.05. The lowest BCUT2D eigenvalue weighted by atomic mass is 10.1. The van der Waals surface area contributed by atoms with Crippen LogP contribution in [-0.4, -0.2) is 36.1 Å². The molecule has 2 rings (SSSR count). The zero-order valence-corrected chi connectivity index (χ0v) is 12.9. The summed E-state index contributed by atoms with van der Waals surface area (Å²) in [6, 6.07) is 5.50. The molecule has 0 bridgehead atoms. The first-order valence-electron chi connectivity index (χ1n) is 5.90. The van der Waals surface area contributed by atoms with Crippen LogP contribution in [0, 0.1) is 0 Å². The molecule has 18 heavy (non-hydrogen) atoms. The molecule has 1 heterocycles. The third-order valence-electron chi connectivity index (χ3n) is 2.90. The second kappa shape index (κ2) is 5.63. The van der Waals surface area contributed by atoms with E-state index >= 15 is 0 Å². The minimum Gasteiger partial charge on any atom is -0.372 e. The summed E-state index contributed by atoms with van der Waals surface area (Å²) in [5.74, 6) is 0.0227. The number of thiol groups is 1. The van der Waals surface area contributed by atoms with E-state index < -0.39 is 0 Å². The monoisotopic (exact) mass is 329 g/mol. The van der Waals surface area contributed by atoms with Gasteiger partial charge in [0.1, 0.15) is 0 Å². The van der Waals surface area contributed by atoms with Crippen molar-refractivity contribution in [3.8, 4) is 0 Å². The van der Waals surface area contributed by atoms with Crippen molar-refractivity contribution in [2.24, 2.45) is 0 Å². The highest BCUT2D eigenvalue weighted by Gasteiger charge is 2.27. The Kier molecular flexibility index (Phi) is 4.35. The topological polar surface area (TPSA) is 29.5 Å². The van der Waals surface area contributed by atoms with Crippen LogP contribution in [0.15, 0.2) is 27.6 Å². The Morgan fingerprint density at radius 3 is 2.56 bits per heavy atom. The van der Waals surface area contributed by atoms with Gasteiger partial charge in [-0.15, -0.1) is 12.6 Å². The summed E-state index contributed by atoms with van der Waals surface area (Å²) in [5, 5.41) is 0. The molecule has 0 spiro atoms. The van der Waals surface area contributed by atoms with Gasteiger partial charge in [0.2, 0.25) is 0 Å². The van der Waals surface area contributed by atoms with Crippen LogP contribution in [0.1, 0.15) is 24.2 Å². The van der Waals surface area contributed by atoms with Gasteiger partial charge < -0.3 is 9.64 Å². The standard InChI is InChI=1S/C13H16BrNO2S/c1-8-6-15(7-9(2)17-8)13(16)11-4-3-10(14)5-12(11)18/h3-5,8-9,18H,6-7H2,1-2H3. The highest BCUT2D eigenvalue weighted by Crippen LogP contribution is 2.22. The van der Waals surface area contributed by atoms with Crippen LogP contribution in [-0.2, 0) is 4.74 Å². The first-order valence-corrected chi connectivity index (χ1v) is 7.14. The first-order chi connectivity index (χ1) is 8.47. The second-order valence-electron chi connectivity index (χ2n) is 4.63. The van der Waals surface area contributed by atoms with Gasteiger partial charge in [0.05, 0.1) is 17.8 Å². The average Bonchev–Trinajstić information content (AvgIpc) is 2.26. The van der Waals surface area contributed by atoms with E-state index in [1.54, 1.807) is 6.07 Å². The Morgan fingerprint density at radius 1 is 1.39 bits per heavy atom. The van der Waals surface area contributed by atoms with E-state index in [0.29, 0.717) is 23.5 Å². The number of benzene rings is 1. The number of ether oxygens (including phenoxy) is 1. The number of carbonyl (C=O) groups is 1. The SMILES string of the molecule is CC1CN(C(=O)c2ccc(Br)cc2S)CC(C)O1. The first kappa shape index (κ1) is 13.9. The van der Waals surface area contributed by atoms with Gasteiger partial charge in [-0.3, -0.25) is 4.79 Å². The molecule has 1 aromatic rings. The maximum Gasteiger partial charge on any atom is 0.255 e. The van der Waals surface area contributed by atoms with Gasteiger partial charge in [-0.05, 0) is 32.0 Å². The molecule has 3 nitrogen and oxygen atoms in total. The van der Waals surface area contributed by atoms with Gasteiger partial charge in [0.15, 0.2) is 0 Å². The zero-order chi connectivity index (χ0) is 13.3. The molecular weight excluding hydrogens is 314 g/mol. The van der Waals surface area contributed by atoms with Crippen LogP contribution in [0.4, 0.5) is 0 Å². The molecule has 98 valence electrons. The lowest BCUT2D eigenvalue weighted by Crippen LogP contribution is -2.48. The summed E-state index contributed by atoms with van der Waals surface area (Å²) in [6.45, 7) is 5.23. The fourth-order valence-electron chi connectivity index (χ4n) is 2.20. The molecule has 0 aromatic heterocycles. The Bertz CT molecular complexity index is 456. The van der Waals surface area contributed by atoms with Crippen molar-refractivity contribution < 1.29 is 9.53 Å². The predicted molar refractivity (Wildman–Crippen MR) is 77.3 cm³/mol. The average molecular weight is 330 g/mol. The van der Waals surface area contributed by atoms with E-state index in [2.05, 4.69) is 28.6 Å². The number of nitrogens with zero attached hydrogens (tertiary/aromatic N) is 1. The summed E-state index contributed by atoms with van der Waals surface area (Å²) < 4.78 is 6.56. The van der Waals surface area contributed by atoms with Crippen LogP contribution in [0.3, 0.4) is 0 Å². The summed E-state index contributed by atoms with van der Waals surface area (Å²) in [6.07, 6.45) is 0.160. The molecule has 1 aliphatic rings. The molecule has 1 fully saturated rings. The maximum absolute atomic E-state index is 12.4. The Balaban J connectivity index is 2.20.